The van der Waals surface area contributed by atoms with E-state index >= 15 is 0 Å². The molecule has 0 unspecified atom stereocenters. The number of anilines is 1. The summed E-state index contributed by atoms with van der Waals surface area (Å²) in [6.45, 7) is 9.50. The summed E-state index contributed by atoms with van der Waals surface area (Å²) in [5.41, 5.74) is 3.18. The molecular weight excluding hydrogens is 603 g/mol. The number of rotatable bonds is 1. The molecule has 0 aliphatic carbocycles. The fraction of sp³-hybridized carbons (Fsp3) is 0.579. The Kier molecular flexibility index (Phi) is 5.63. The first-order valence-electron chi connectivity index (χ1n) is 9.46. The van der Waals surface area contributed by atoms with E-state index in [2.05, 4.69) is 63.9 Å². The highest BCUT2D eigenvalue weighted by Gasteiger charge is 2.30. The molecule has 2 aliphatic rings. The monoisotopic (exact) mass is 624 g/mol. The van der Waals surface area contributed by atoms with E-state index in [0.29, 0.717) is 13.1 Å². The molecule has 1 saturated heterocycles. The Morgan fingerprint density at radius 2 is 1.79 bits per heavy atom. The van der Waals surface area contributed by atoms with E-state index in [1.807, 2.05) is 20.8 Å². The van der Waals surface area contributed by atoms with Gasteiger partial charge in [0.2, 0.25) is 5.95 Å². The van der Waals surface area contributed by atoms with Crippen molar-refractivity contribution in [2.45, 2.75) is 45.8 Å². The summed E-state index contributed by atoms with van der Waals surface area (Å²) in [5, 5.41) is 0. The molecule has 0 saturated carbocycles. The second-order valence-electron chi connectivity index (χ2n) is 8.24. The van der Waals surface area contributed by atoms with Crippen LogP contribution < -0.4 is 4.90 Å². The molecule has 6 nitrogen and oxygen atoms in total. The Morgan fingerprint density at radius 1 is 1.11 bits per heavy atom. The molecule has 9 heteroatoms. The molecule has 1 aromatic carbocycles. The first kappa shape index (κ1) is 20.7. The number of carbonyl (C=O) groups is 1. The fourth-order valence-corrected chi connectivity index (χ4v) is 5.88. The summed E-state index contributed by atoms with van der Waals surface area (Å²) < 4.78 is 11.2. The van der Waals surface area contributed by atoms with Crippen molar-refractivity contribution in [2.24, 2.45) is 0 Å². The molecule has 1 aromatic heterocycles. The average Bonchev–Trinajstić information content (AvgIpc) is 3.04. The molecule has 2 aliphatic heterocycles. The fourth-order valence-electron chi connectivity index (χ4n) is 3.85. The van der Waals surface area contributed by atoms with E-state index < -0.39 is 5.60 Å². The molecular formula is C19H23Br2IN4O2. The van der Waals surface area contributed by atoms with Crippen molar-refractivity contribution in [3.05, 3.63) is 18.1 Å². The predicted octanol–water partition coefficient (Wildman–Crippen LogP) is 5.17. The lowest BCUT2D eigenvalue weighted by Crippen LogP contribution is -2.50. The Labute approximate surface area is 195 Å². The smallest absolute Gasteiger partial charge is 0.410 e. The SMILES string of the molecule is CC(C)(C)OC(=O)N1CCN(c2nc3c(I)c(Br)c(Br)c4c3n2CCC4)CC1. The highest BCUT2D eigenvalue weighted by atomic mass is 127. The second-order valence-corrected chi connectivity index (χ2v) is 10.9. The Morgan fingerprint density at radius 3 is 2.43 bits per heavy atom. The third-order valence-corrected chi connectivity index (χ3v) is 9.11. The molecule has 1 amide bonds. The summed E-state index contributed by atoms with van der Waals surface area (Å²) in [5.74, 6) is 1.02. The summed E-state index contributed by atoms with van der Waals surface area (Å²) in [6.07, 6.45) is 1.94. The number of aromatic nitrogens is 2. The van der Waals surface area contributed by atoms with E-state index in [9.17, 15) is 4.79 Å². The number of amides is 1. The maximum atomic E-state index is 12.3. The standard InChI is InChI=1S/C19H23Br2IN4O2/c1-19(2,3)28-18(27)25-9-7-24(8-10-25)17-23-15-14(22)13(21)12(20)11-5-4-6-26(17)16(11)15/h4-10H2,1-3H3. The van der Waals surface area contributed by atoms with Gasteiger partial charge in [-0.1, -0.05) is 0 Å². The zero-order valence-corrected chi connectivity index (χ0v) is 21.5. The molecule has 152 valence electrons. The van der Waals surface area contributed by atoms with E-state index in [1.54, 1.807) is 4.90 Å². The number of aryl methyl sites for hydroxylation is 2. The van der Waals surface area contributed by atoms with Gasteiger partial charge in [0.15, 0.2) is 0 Å². The molecule has 1 fully saturated rings. The quantitative estimate of drug-likeness (QED) is 0.324. The zero-order valence-electron chi connectivity index (χ0n) is 16.2. The summed E-state index contributed by atoms with van der Waals surface area (Å²) in [4.78, 5) is 21.5. The van der Waals surface area contributed by atoms with Crippen LogP contribution in [0.5, 0.6) is 0 Å². The normalized spacial score (nSPS) is 17.4. The van der Waals surface area contributed by atoms with Gasteiger partial charge in [-0.2, -0.15) is 0 Å². The van der Waals surface area contributed by atoms with Crippen molar-refractivity contribution in [1.29, 1.82) is 0 Å². The van der Waals surface area contributed by atoms with Gasteiger partial charge in [0, 0.05) is 41.7 Å². The number of benzene rings is 1. The molecule has 0 spiro atoms. The molecule has 2 aromatic rings. The summed E-state index contributed by atoms with van der Waals surface area (Å²) in [7, 11) is 0. The zero-order chi connectivity index (χ0) is 20.2. The second kappa shape index (κ2) is 7.61. The van der Waals surface area contributed by atoms with Gasteiger partial charge in [-0.15, -0.1) is 0 Å². The highest BCUT2D eigenvalue weighted by molar-refractivity contribution is 14.1. The minimum atomic E-state index is -0.465. The third kappa shape index (κ3) is 3.66. The van der Waals surface area contributed by atoms with Crippen LogP contribution in [0.25, 0.3) is 11.0 Å². The lowest BCUT2D eigenvalue weighted by molar-refractivity contribution is 0.0240. The van der Waals surface area contributed by atoms with Crippen LogP contribution in [0.4, 0.5) is 10.7 Å². The van der Waals surface area contributed by atoms with Gasteiger partial charge in [-0.25, -0.2) is 9.78 Å². The van der Waals surface area contributed by atoms with Gasteiger partial charge in [0.25, 0.3) is 0 Å². The Hall–Kier alpha value is -0.550. The minimum absolute atomic E-state index is 0.230. The molecule has 0 bridgehead atoms. The number of halogens is 3. The molecule has 0 atom stereocenters. The van der Waals surface area contributed by atoms with Crippen molar-refractivity contribution < 1.29 is 9.53 Å². The number of piperazine rings is 1. The number of hydrogen-bond acceptors (Lipinski definition) is 4. The maximum absolute atomic E-state index is 12.3. The van der Waals surface area contributed by atoms with Crippen LogP contribution in [-0.4, -0.2) is 52.3 Å². The van der Waals surface area contributed by atoms with E-state index in [1.165, 1.54) is 11.1 Å². The first-order chi connectivity index (χ1) is 13.2. The number of ether oxygens (including phenoxy) is 1. The largest absolute Gasteiger partial charge is 0.444 e. The maximum Gasteiger partial charge on any atom is 0.410 e. The van der Waals surface area contributed by atoms with Crippen molar-refractivity contribution in [3.8, 4) is 0 Å². The number of nitrogens with zero attached hydrogens (tertiary/aromatic N) is 4. The molecule has 0 radical (unpaired) electrons. The van der Waals surface area contributed by atoms with E-state index in [4.69, 9.17) is 9.72 Å². The first-order valence-corrected chi connectivity index (χ1v) is 12.1. The van der Waals surface area contributed by atoms with Gasteiger partial charge in [0.05, 0.1) is 9.09 Å². The van der Waals surface area contributed by atoms with Crippen LogP contribution in [0.1, 0.15) is 32.8 Å². The van der Waals surface area contributed by atoms with Crippen molar-refractivity contribution in [3.63, 3.8) is 0 Å². The molecule has 28 heavy (non-hydrogen) atoms. The van der Waals surface area contributed by atoms with Crippen molar-refractivity contribution in [1.82, 2.24) is 14.5 Å². The topological polar surface area (TPSA) is 50.6 Å². The van der Waals surface area contributed by atoms with E-state index in [-0.39, 0.29) is 6.09 Å². The van der Waals surface area contributed by atoms with Crippen molar-refractivity contribution in [2.75, 3.05) is 31.1 Å². The van der Waals surface area contributed by atoms with Crippen LogP contribution in [0.2, 0.25) is 0 Å². The van der Waals surface area contributed by atoms with Crippen LogP contribution in [0.15, 0.2) is 8.95 Å². The average molecular weight is 626 g/mol. The lowest BCUT2D eigenvalue weighted by atomic mass is 10.0. The molecule has 3 heterocycles. The number of hydrogen-bond donors (Lipinski definition) is 0. The summed E-state index contributed by atoms with van der Waals surface area (Å²) in [6, 6.07) is 0. The van der Waals surface area contributed by atoms with Gasteiger partial charge >= 0.3 is 6.09 Å². The highest BCUT2D eigenvalue weighted by Crippen LogP contribution is 2.42. The van der Waals surface area contributed by atoms with E-state index in [0.717, 1.165) is 56.5 Å². The predicted molar refractivity (Wildman–Crippen MR) is 126 cm³/mol. The molecule has 0 N–H and O–H groups in total. The van der Waals surface area contributed by atoms with Crippen LogP contribution in [-0.2, 0) is 17.7 Å². The third-order valence-electron chi connectivity index (χ3n) is 5.11. The van der Waals surface area contributed by atoms with Crippen molar-refractivity contribution >= 4 is 77.5 Å². The molecule has 4 rings (SSSR count). The summed E-state index contributed by atoms with van der Waals surface area (Å²) >= 11 is 9.86. The Balaban J connectivity index is 1.61. The van der Waals surface area contributed by atoms with Gasteiger partial charge in [-0.3, -0.25) is 0 Å². The van der Waals surface area contributed by atoms with Gasteiger partial charge < -0.3 is 19.1 Å². The Bertz CT molecular complexity index is 946. The van der Waals surface area contributed by atoms with Crippen LogP contribution in [0.3, 0.4) is 0 Å². The minimum Gasteiger partial charge on any atom is -0.444 e. The lowest BCUT2D eigenvalue weighted by Gasteiger charge is -2.36. The number of imidazole rings is 1. The van der Waals surface area contributed by atoms with Crippen LogP contribution >= 0.6 is 54.5 Å². The van der Waals surface area contributed by atoms with Crippen LogP contribution in [0, 0.1) is 3.57 Å². The number of carbonyl (C=O) groups excluding carboxylic acids is 1. The van der Waals surface area contributed by atoms with Gasteiger partial charge in [0.1, 0.15) is 11.1 Å². The van der Waals surface area contributed by atoms with Gasteiger partial charge in [-0.05, 0) is 93.6 Å².